The Morgan fingerprint density at radius 1 is 1.18 bits per heavy atom. The zero-order valence-electron chi connectivity index (χ0n) is 19.6. The average Bonchev–Trinajstić information content (AvgIpc) is 3.00. The molecule has 3 aromatic carbocycles. The maximum Gasteiger partial charge on any atom is 0.249 e. The van der Waals surface area contributed by atoms with Gasteiger partial charge in [0.15, 0.2) is 0 Å². The van der Waals surface area contributed by atoms with Gasteiger partial charge in [-0.2, -0.15) is 5.26 Å². The summed E-state index contributed by atoms with van der Waals surface area (Å²) < 4.78 is 5.66. The number of anilines is 1. The Bertz CT molecular complexity index is 1280. The van der Waals surface area contributed by atoms with E-state index in [0.717, 1.165) is 27.6 Å². The van der Waals surface area contributed by atoms with Gasteiger partial charge < -0.3 is 20.3 Å². The number of nitriles is 1. The van der Waals surface area contributed by atoms with E-state index >= 15 is 0 Å². The van der Waals surface area contributed by atoms with Crippen LogP contribution in [0.4, 0.5) is 5.69 Å². The highest BCUT2D eigenvalue weighted by Crippen LogP contribution is 2.35. The molecule has 7 heteroatoms. The molecule has 0 aliphatic carbocycles. The highest BCUT2D eigenvalue weighted by atomic mass is 16.5. The number of nitrogens with one attached hydrogen (secondary N) is 2. The number of ether oxygens (including phenoxy) is 1. The van der Waals surface area contributed by atoms with Crippen LogP contribution in [0.2, 0.25) is 0 Å². The van der Waals surface area contributed by atoms with Crippen LogP contribution in [0.1, 0.15) is 30.0 Å². The number of nitrogens with zero attached hydrogens (tertiary/aromatic N) is 2. The summed E-state index contributed by atoms with van der Waals surface area (Å²) in [7, 11) is 3.31. The molecule has 0 aromatic heterocycles. The largest absolute Gasteiger partial charge is 0.496 e. The van der Waals surface area contributed by atoms with Crippen LogP contribution < -0.4 is 20.3 Å². The number of amides is 2. The lowest BCUT2D eigenvalue weighted by Gasteiger charge is -2.28. The first kappa shape index (κ1) is 23.3. The fourth-order valence-corrected chi connectivity index (χ4v) is 4.45. The van der Waals surface area contributed by atoms with Gasteiger partial charge in [0.2, 0.25) is 11.8 Å². The summed E-state index contributed by atoms with van der Waals surface area (Å²) in [5, 5.41) is 17.1. The highest BCUT2D eigenvalue weighted by Gasteiger charge is 2.33. The minimum atomic E-state index is -0.647. The number of fused-ring (bicyclic) bond motifs is 2. The molecule has 0 saturated heterocycles. The molecule has 174 valence electrons. The third kappa shape index (κ3) is 4.33. The van der Waals surface area contributed by atoms with E-state index in [-0.39, 0.29) is 18.4 Å². The predicted octanol–water partition coefficient (Wildman–Crippen LogP) is 3.29. The van der Waals surface area contributed by atoms with E-state index in [1.54, 1.807) is 32.0 Å². The fraction of sp³-hybridized carbons (Fsp3) is 0.296. The molecule has 1 aliphatic rings. The minimum Gasteiger partial charge on any atom is -0.496 e. The topological polar surface area (TPSA) is 94.5 Å². The number of aryl methyl sites for hydroxylation is 1. The number of hydrogen-bond acceptors (Lipinski definition) is 5. The van der Waals surface area contributed by atoms with Gasteiger partial charge in [-0.1, -0.05) is 30.3 Å². The molecule has 0 fully saturated rings. The first-order valence-corrected chi connectivity index (χ1v) is 11.3. The van der Waals surface area contributed by atoms with E-state index in [1.807, 2.05) is 48.5 Å². The van der Waals surface area contributed by atoms with Gasteiger partial charge in [-0.3, -0.25) is 9.59 Å². The summed E-state index contributed by atoms with van der Waals surface area (Å²) in [5.41, 5.74) is 3.25. The molecular formula is C27H28N4O3. The molecular weight excluding hydrogens is 428 g/mol. The molecule has 1 unspecified atom stereocenters. The van der Waals surface area contributed by atoms with E-state index in [4.69, 9.17) is 4.74 Å². The Balaban J connectivity index is 1.80. The van der Waals surface area contributed by atoms with Gasteiger partial charge in [0.25, 0.3) is 0 Å². The van der Waals surface area contributed by atoms with E-state index in [0.29, 0.717) is 24.2 Å². The van der Waals surface area contributed by atoms with Gasteiger partial charge in [-0.05, 0) is 62.0 Å². The molecule has 1 aliphatic heterocycles. The molecule has 1 heterocycles. The van der Waals surface area contributed by atoms with Crippen LogP contribution in [0, 0.1) is 11.3 Å². The third-order valence-electron chi connectivity index (χ3n) is 6.48. The number of hydrogen-bond donors (Lipinski definition) is 2. The van der Waals surface area contributed by atoms with E-state index in [1.165, 1.54) is 0 Å². The minimum absolute atomic E-state index is 0.169. The Morgan fingerprint density at radius 3 is 2.71 bits per heavy atom. The first-order chi connectivity index (χ1) is 16.5. The number of benzene rings is 3. The van der Waals surface area contributed by atoms with Crippen molar-refractivity contribution in [3.05, 3.63) is 71.3 Å². The zero-order valence-corrected chi connectivity index (χ0v) is 19.6. The lowest BCUT2D eigenvalue weighted by atomic mass is 9.99. The fourth-order valence-electron chi connectivity index (χ4n) is 4.45. The maximum absolute atomic E-state index is 13.8. The summed E-state index contributed by atoms with van der Waals surface area (Å²) >= 11 is 0. The van der Waals surface area contributed by atoms with Gasteiger partial charge in [-0.15, -0.1) is 0 Å². The van der Waals surface area contributed by atoms with E-state index in [9.17, 15) is 14.9 Å². The third-order valence-corrected chi connectivity index (χ3v) is 6.48. The molecule has 0 saturated carbocycles. The number of likely N-dealkylation sites (N-methyl/N-ethyl adjacent to an activating group) is 1. The smallest absolute Gasteiger partial charge is 0.249 e. The molecule has 4 rings (SSSR count). The zero-order chi connectivity index (χ0) is 24.2. The van der Waals surface area contributed by atoms with Crippen LogP contribution >= 0.6 is 0 Å². The van der Waals surface area contributed by atoms with Crippen molar-refractivity contribution in [3.8, 4) is 11.8 Å². The molecule has 0 bridgehead atoms. The predicted molar refractivity (Wildman–Crippen MR) is 132 cm³/mol. The van der Waals surface area contributed by atoms with E-state index in [2.05, 4.69) is 16.7 Å². The Hall–Kier alpha value is -3.89. The van der Waals surface area contributed by atoms with Crippen LogP contribution in [0.15, 0.2) is 54.6 Å². The van der Waals surface area contributed by atoms with Crippen molar-refractivity contribution in [2.24, 2.45) is 0 Å². The average molecular weight is 457 g/mol. The van der Waals surface area contributed by atoms with Crippen LogP contribution in [-0.2, 0) is 22.6 Å². The van der Waals surface area contributed by atoms with Crippen LogP contribution in [0.25, 0.3) is 10.8 Å². The number of carbonyl (C=O) groups excluding carboxylic acids is 2. The maximum atomic E-state index is 13.8. The monoisotopic (exact) mass is 456 g/mol. The second-order valence-electron chi connectivity index (χ2n) is 8.42. The summed E-state index contributed by atoms with van der Waals surface area (Å²) in [5.74, 6) is 0.256. The normalized spacial score (nSPS) is 16.4. The Labute approximate surface area is 199 Å². The molecule has 7 nitrogen and oxygen atoms in total. The van der Waals surface area contributed by atoms with Crippen LogP contribution in [0.3, 0.4) is 0 Å². The summed E-state index contributed by atoms with van der Waals surface area (Å²) in [6.45, 7) is 2.01. The van der Waals surface area contributed by atoms with Crippen molar-refractivity contribution >= 4 is 28.3 Å². The summed E-state index contributed by atoms with van der Waals surface area (Å²) in [4.78, 5) is 28.1. The summed E-state index contributed by atoms with van der Waals surface area (Å²) in [6.07, 6.45) is 1.18. The molecule has 34 heavy (non-hydrogen) atoms. The molecule has 2 N–H and O–H groups in total. The highest BCUT2D eigenvalue weighted by molar-refractivity contribution is 6.02. The van der Waals surface area contributed by atoms with Crippen molar-refractivity contribution in [1.29, 1.82) is 5.26 Å². The standard InChI is InChI=1S/C27H28N4O3/c1-17(29-2)26(32)30-23-13-11-18-7-4-5-10-24(18)31(27(23)33)16-22-21-9-6-8-19(15-28)20(21)12-14-25(22)34-3/h4-10,12,14,17,23,29H,11,13,16H2,1-3H3,(H,30,32)/t17?,23-/m0/s1. The number of carbonyl (C=O) groups is 2. The van der Waals surface area contributed by atoms with Gasteiger partial charge in [0, 0.05) is 16.6 Å². The van der Waals surface area contributed by atoms with Crippen molar-refractivity contribution < 1.29 is 14.3 Å². The summed E-state index contributed by atoms with van der Waals surface area (Å²) in [6, 6.07) is 18.3. The van der Waals surface area contributed by atoms with Crippen molar-refractivity contribution in [2.45, 2.75) is 38.4 Å². The number of methoxy groups -OCH3 is 1. The molecule has 2 amide bonds. The Morgan fingerprint density at radius 2 is 1.97 bits per heavy atom. The van der Waals surface area contributed by atoms with Crippen molar-refractivity contribution in [3.63, 3.8) is 0 Å². The van der Waals surface area contributed by atoms with Crippen LogP contribution in [-0.4, -0.2) is 38.1 Å². The molecule has 3 aromatic rings. The van der Waals surface area contributed by atoms with Crippen molar-refractivity contribution in [1.82, 2.24) is 10.6 Å². The van der Waals surface area contributed by atoms with Gasteiger partial charge in [0.05, 0.1) is 31.3 Å². The lowest BCUT2D eigenvalue weighted by Crippen LogP contribution is -2.52. The number of para-hydroxylation sites is 1. The van der Waals surface area contributed by atoms with Crippen molar-refractivity contribution in [2.75, 3.05) is 19.1 Å². The molecule has 2 atom stereocenters. The van der Waals surface area contributed by atoms with Crippen LogP contribution in [0.5, 0.6) is 5.75 Å². The van der Waals surface area contributed by atoms with Gasteiger partial charge >= 0.3 is 0 Å². The Kier molecular flexibility index (Phi) is 6.80. The molecule has 0 spiro atoms. The quantitative estimate of drug-likeness (QED) is 0.594. The van der Waals surface area contributed by atoms with Gasteiger partial charge in [-0.25, -0.2) is 0 Å². The lowest BCUT2D eigenvalue weighted by molar-refractivity contribution is -0.128. The first-order valence-electron chi connectivity index (χ1n) is 11.3. The SMILES string of the molecule is CNC(C)C(=O)N[C@H]1CCc2ccccc2N(Cc2c(OC)ccc3c(C#N)cccc23)C1=O. The second-order valence-corrected chi connectivity index (χ2v) is 8.42. The van der Waals surface area contributed by atoms with Gasteiger partial charge in [0.1, 0.15) is 11.8 Å². The van der Waals surface area contributed by atoms with E-state index < -0.39 is 12.1 Å². The molecule has 0 radical (unpaired) electrons. The number of rotatable bonds is 6. The second kappa shape index (κ2) is 9.94.